The highest BCUT2D eigenvalue weighted by Crippen LogP contribution is 2.13. The van der Waals surface area contributed by atoms with E-state index in [4.69, 9.17) is 14.2 Å². The molecule has 366 valence electrons. The van der Waals surface area contributed by atoms with E-state index in [-0.39, 0.29) is 37.5 Å². The predicted octanol–water partition coefficient (Wildman–Crippen LogP) is 17.3. The van der Waals surface area contributed by atoms with Crippen molar-refractivity contribution in [2.24, 2.45) is 0 Å². The number of carbonyl (C=O) groups excluding carboxylic acids is 3. The number of allylic oxidation sites excluding steroid dienone is 20. The van der Waals surface area contributed by atoms with Crippen molar-refractivity contribution in [2.75, 3.05) is 13.2 Å². The van der Waals surface area contributed by atoms with Crippen LogP contribution in [0.25, 0.3) is 0 Å². The molecule has 0 radical (unpaired) electrons. The summed E-state index contributed by atoms with van der Waals surface area (Å²) in [5.41, 5.74) is 0. The van der Waals surface area contributed by atoms with Gasteiger partial charge in [-0.1, -0.05) is 206 Å². The van der Waals surface area contributed by atoms with Crippen molar-refractivity contribution in [3.05, 3.63) is 122 Å². The Hall–Kier alpha value is -4.19. The Morgan fingerprint density at radius 2 is 0.600 bits per heavy atom. The summed E-state index contributed by atoms with van der Waals surface area (Å²) in [6.45, 7) is 6.32. The maximum atomic E-state index is 12.8. The third kappa shape index (κ3) is 50.7. The lowest BCUT2D eigenvalue weighted by Crippen LogP contribution is -2.30. The highest BCUT2D eigenvalue weighted by molar-refractivity contribution is 5.71. The van der Waals surface area contributed by atoms with Crippen LogP contribution in [0.3, 0.4) is 0 Å². The summed E-state index contributed by atoms with van der Waals surface area (Å²) >= 11 is 0. The largest absolute Gasteiger partial charge is 0.462 e. The molecular weight excluding hydrogens is 805 g/mol. The van der Waals surface area contributed by atoms with Gasteiger partial charge in [0.15, 0.2) is 6.10 Å². The molecule has 0 aromatic heterocycles. The first-order chi connectivity index (χ1) is 32.0. The molecule has 0 saturated heterocycles. The second-order valence-electron chi connectivity index (χ2n) is 16.7. The van der Waals surface area contributed by atoms with Crippen LogP contribution < -0.4 is 0 Å². The van der Waals surface area contributed by atoms with Crippen LogP contribution in [0.4, 0.5) is 0 Å². The van der Waals surface area contributed by atoms with Crippen LogP contribution in [-0.2, 0) is 28.6 Å². The van der Waals surface area contributed by atoms with Crippen molar-refractivity contribution in [3.8, 4) is 0 Å². The van der Waals surface area contributed by atoms with Crippen molar-refractivity contribution in [1.29, 1.82) is 0 Å². The van der Waals surface area contributed by atoms with Crippen LogP contribution in [0.5, 0.6) is 0 Å². The lowest BCUT2D eigenvalue weighted by atomic mass is 10.1. The smallest absolute Gasteiger partial charge is 0.306 e. The number of esters is 3. The average Bonchev–Trinajstić information content (AvgIpc) is 3.30. The molecule has 0 aliphatic carbocycles. The number of ether oxygens (including phenoxy) is 3. The standard InChI is InChI=1S/C59H94O6/c1-4-7-10-13-16-19-21-23-25-27-29-31-33-35-37-40-43-46-49-52-58(61)64-55-56(54-63-57(60)51-48-45-42-39-18-15-12-9-6-3)65-59(62)53-50-47-44-41-38-36-34-32-30-28-26-24-22-20-17-14-11-8-5-2/h7-8,10-11,16-17,19-20,23-26,29-32,35-38,56H,4-6,9,12-15,18,21-22,27-28,33-34,39-55H2,1-3H3/b10-7-,11-8-,19-16-,20-17-,25-23-,26-24-,31-29-,32-30-,37-35-,38-36-. The predicted molar refractivity (Wildman–Crippen MR) is 279 cm³/mol. The van der Waals surface area contributed by atoms with Gasteiger partial charge in [-0.05, 0) is 109 Å². The minimum absolute atomic E-state index is 0.105. The second-order valence-corrected chi connectivity index (χ2v) is 16.7. The zero-order valence-corrected chi connectivity index (χ0v) is 41.7. The van der Waals surface area contributed by atoms with Gasteiger partial charge in [0.1, 0.15) is 13.2 Å². The van der Waals surface area contributed by atoms with Crippen LogP contribution in [0.1, 0.15) is 213 Å². The first-order valence-corrected chi connectivity index (χ1v) is 26.0. The Morgan fingerprint density at radius 1 is 0.323 bits per heavy atom. The Morgan fingerprint density at radius 3 is 0.938 bits per heavy atom. The summed E-state index contributed by atoms with van der Waals surface area (Å²) in [5, 5.41) is 0. The first-order valence-electron chi connectivity index (χ1n) is 26.0. The lowest BCUT2D eigenvalue weighted by molar-refractivity contribution is -0.167. The van der Waals surface area contributed by atoms with E-state index in [0.717, 1.165) is 128 Å². The highest BCUT2D eigenvalue weighted by atomic mass is 16.6. The number of hydrogen-bond acceptors (Lipinski definition) is 6. The Bertz CT molecular complexity index is 1400. The fourth-order valence-electron chi connectivity index (χ4n) is 6.61. The third-order valence-corrected chi connectivity index (χ3v) is 10.5. The van der Waals surface area contributed by atoms with Gasteiger partial charge in [0.05, 0.1) is 0 Å². The van der Waals surface area contributed by atoms with Gasteiger partial charge in [-0.25, -0.2) is 0 Å². The molecule has 1 atom stereocenters. The average molecular weight is 899 g/mol. The summed E-state index contributed by atoms with van der Waals surface area (Å²) < 4.78 is 16.7. The second kappa shape index (κ2) is 52.4. The SMILES string of the molecule is CC/C=C\C/C=C\C/C=C\C/C=C\C/C=C\CCCCCC(=O)OCC(COC(=O)CCCCCCCCCCC)OC(=O)CCCCC/C=C\C/C=C\C/C=C\C/C=C\C/C=C\CC. The quantitative estimate of drug-likeness (QED) is 0.0262. The molecule has 0 fully saturated rings. The Labute approximate surface area is 399 Å². The summed E-state index contributed by atoms with van der Waals surface area (Å²) in [7, 11) is 0. The van der Waals surface area contributed by atoms with E-state index in [9.17, 15) is 14.4 Å². The molecule has 0 aromatic rings. The van der Waals surface area contributed by atoms with E-state index in [1.165, 1.54) is 38.5 Å². The number of hydrogen-bond donors (Lipinski definition) is 0. The van der Waals surface area contributed by atoms with Crippen LogP contribution in [0, 0.1) is 0 Å². The van der Waals surface area contributed by atoms with Crippen molar-refractivity contribution < 1.29 is 28.6 Å². The van der Waals surface area contributed by atoms with E-state index in [1.54, 1.807) is 0 Å². The third-order valence-electron chi connectivity index (χ3n) is 10.5. The lowest BCUT2D eigenvalue weighted by Gasteiger charge is -2.18. The highest BCUT2D eigenvalue weighted by Gasteiger charge is 2.19. The molecule has 0 heterocycles. The van der Waals surface area contributed by atoms with E-state index >= 15 is 0 Å². The normalized spacial score (nSPS) is 13.1. The van der Waals surface area contributed by atoms with Crippen molar-refractivity contribution in [3.63, 3.8) is 0 Å². The van der Waals surface area contributed by atoms with Crippen LogP contribution in [0.2, 0.25) is 0 Å². The molecule has 0 aliphatic heterocycles. The number of rotatable bonds is 45. The van der Waals surface area contributed by atoms with Gasteiger partial charge in [0.2, 0.25) is 0 Å². The summed E-state index contributed by atoms with van der Waals surface area (Å²) in [6.07, 6.45) is 71.9. The molecule has 0 saturated carbocycles. The molecule has 6 nitrogen and oxygen atoms in total. The van der Waals surface area contributed by atoms with Crippen LogP contribution in [-0.4, -0.2) is 37.2 Å². The van der Waals surface area contributed by atoms with Gasteiger partial charge in [-0.15, -0.1) is 0 Å². The molecule has 0 rings (SSSR count). The maximum Gasteiger partial charge on any atom is 0.306 e. The molecule has 0 bridgehead atoms. The molecule has 1 unspecified atom stereocenters. The minimum Gasteiger partial charge on any atom is -0.462 e. The van der Waals surface area contributed by atoms with Gasteiger partial charge in [0, 0.05) is 19.3 Å². The van der Waals surface area contributed by atoms with Crippen LogP contribution >= 0.6 is 0 Å². The van der Waals surface area contributed by atoms with Gasteiger partial charge in [0.25, 0.3) is 0 Å². The van der Waals surface area contributed by atoms with Gasteiger partial charge in [-0.2, -0.15) is 0 Å². The minimum atomic E-state index is -0.810. The summed E-state index contributed by atoms with van der Waals surface area (Å²) in [5.74, 6) is -0.981. The van der Waals surface area contributed by atoms with Crippen molar-refractivity contribution in [2.45, 2.75) is 219 Å². The Kier molecular flexibility index (Phi) is 49.1. The maximum absolute atomic E-state index is 12.8. The Balaban J connectivity index is 4.48. The summed E-state index contributed by atoms with van der Waals surface area (Å²) in [6, 6.07) is 0. The molecule has 0 spiro atoms. The fraction of sp³-hybridized carbons (Fsp3) is 0.610. The van der Waals surface area contributed by atoms with E-state index < -0.39 is 6.10 Å². The van der Waals surface area contributed by atoms with Gasteiger partial charge < -0.3 is 14.2 Å². The molecule has 0 N–H and O–H groups in total. The molecular formula is C59H94O6. The molecule has 6 heteroatoms. The van der Waals surface area contributed by atoms with E-state index in [0.29, 0.717) is 19.3 Å². The molecule has 0 aromatic carbocycles. The zero-order valence-electron chi connectivity index (χ0n) is 41.7. The number of carbonyl (C=O) groups is 3. The van der Waals surface area contributed by atoms with Crippen LogP contribution in [0.15, 0.2) is 122 Å². The summed E-state index contributed by atoms with van der Waals surface area (Å²) in [4.78, 5) is 37.9. The van der Waals surface area contributed by atoms with Gasteiger partial charge in [-0.3, -0.25) is 14.4 Å². The topological polar surface area (TPSA) is 78.9 Å². The fourth-order valence-corrected chi connectivity index (χ4v) is 6.61. The van der Waals surface area contributed by atoms with Crippen molar-refractivity contribution >= 4 is 17.9 Å². The first kappa shape index (κ1) is 60.8. The molecule has 65 heavy (non-hydrogen) atoms. The van der Waals surface area contributed by atoms with Crippen molar-refractivity contribution in [1.82, 2.24) is 0 Å². The molecule has 0 amide bonds. The zero-order chi connectivity index (χ0) is 47.2. The monoisotopic (exact) mass is 899 g/mol. The van der Waals surface area contributed by atoms with E-state index in [1.807, 2.05) is 0 Å². The molecule has 0 aliphatic rings. The van der Waals surface area contributed by atoms with Gasteiger partial charge >= 0.3 is 17.9 Å². The van der Waals surface area contributed by atoms with E-state index in [2.05, 4.69) is 142 Å². The number of unbranched alkanes of at least 4 members (excludes halogenated alkanes) is 14.